The maximum absolute atomic E-state index is 14.6. The summed E-state index contributed by atoms with van der Waals surface area (Å²) < 4.78 is 20.1. The van der Waals surface area contributed by atoms with Gasteiger partial charge >= 0.3 is 0 Å². The summed E-state index contributed by atoms with van der Waals surface area (Å²) in [6, 6.07) is 7.13. The molecule has 2 N–H and O–H groups in total. The van der Waals surface area contributed by atoms with Crippen molar-refractivity contribution in [3.8, 4) is 5.75 Å². The molecule has 1 aromatic carbocycles. The SMILES string of the molecule is CCCOc1ccc(C(F)(CN)C(C)C)cc1. The molecule has 2 nitrogen and oxygen atoms in total. The van der Waals surface area contributed by atoms with Crippen LogP contribution in [-0.2, 0) is 5.67 Å². The van der Waals surface area contributed by atoms with E-state index in [1.54, 1.807) is 24.3 Å². The van der Waals surface area contributed by atoms with Crippen LogP contribution < -0.4 is 10.5 Å². The van der Waals surface area contributed by atoms with E-state index in [1.807, 2.05) is 20.8 Å². The normalized spacial score (nSPS) is 14.7. The van der Waals surface area contributed by atoms with Crippen molar-refractivity contribution in [2.75, 3.05) is 13.2 Å². The molecule has 3 heteroatoms. The quantitative estimate of drug-likeness (QED) is 0.827. The molecular formula is C14H22FNO. The van der Waals surface area contributed by atoms with Crippen LogP contribution in [0.5, 0.6) is 5.75 Å². The zero-order valence-corrected chi connectivity index (χ0v) is 10.9. The summed E-state index contributed by atoms with van der Waals surface area (Å²) in [4.78, 5) is 0. The van der Waals surface area contributed by atoms with Crippen LogP contribution >= 0.6 is 0 Å². The van der Waals surface area contributed by atoms with Crippen molar-refractivity contribution in [3.63, 3.8) is 0 Å². The van der Waals surface area contributed by atoms with Crippen LogP contribution in [0.25, 0.3) is 0 Å². The minimum Gasteiger partial charge on any atom is -0.494 e. The van der Waals surface area contributed by atoms with Crippen molar-refractivity contribution in [2.45, 2.75) is 32.9 Å². The van der Waals surface area contributed by atoms with E-state index < -0.39 is 5.67 Å². The second kappa shape index (κ2) is 6.01. The fraction of sp³-hybridized carbons (Fsp3) is 0.571. The molecule has 1 rings (SSSR count). The van der Waals surface area contributed by atoms with Crippen LogP contribution in [0.1, 0.15) is 32.8 Å². The molecule has 0 aliphatic carbocycles. The van der Waals surface area contributed by atoms with E-state index in [0.717, 1.165) is 12.2 Å². The maximum Gasteiger partial charge on any atom is 0.150 e. The molecule has 1 aromatic rings. The van der Waals surface area contributed by atoms with Gasteiger partial charge in [-0.2, -0.15) is 0 Å². The highest BCUT2D eigenvalue weighted by atomic mass is 19.1. The Labute approximate surface area is 103 Å². The largest absolute Gasteiger partial charge is 0.494 e. The molecule has 0 aliphatic rings. The van der Waals surface area contributed by atoms with Gasteiger partial charge in [0.2, 0.25) is 0 Å². The number of hydrogen-bond donors (Lipinski definition) is 1. The van der Waals surface area contributed by atoms with Crippen LogP contribution in [0.3, 0.4) is 0 Å². The molecule has 0 saturated heterocycles. The fourth-order valence-electron chi connectivity index (χ4n) is 1.74. The minimum atomic E-state index is -1.46. The summed E-state index contributed by atoms with van der Waals surface area (Å²) in [5, 5.41) is 0. The lowest BCUT2D eigenvalue weighted by atomic mass is 9.85. The van der Waals surface area contributed by atoms with Crippen molar-refractivity contribution in [1.82, 2.24) is 0 Å². The summed E-state index contributed by atoms with van der Waals surface area (Å²) in [7, 11) is 0. The topological polar surface area (TPSA) is 35.2 Å². The molecule has 0 spiro atoms. The van der Waals surface area contributed by atoms with E-state index in [1.165, 1.54) is 0 Å². The highest BCUT2D eigenvalue weighted by Crippen LogP contribution is 2.33. The molecule has 0 fully saturated rings. The van der Waals surface area contributed by atoms with Gasteiger partial charge < -0.3 is 10.5 Å². The van der Waals surface area contributed by atoms with Gasteiger partial charge in [0.25, 0.3) is 0 Å². The van der Waals surface area contributed by atoms with E-state index in [9.17, 15) is 4.39 Å². The Hall–Kier alpha value is -1.09. The predicted octanol–water partition coefficient (Wildman–Crippen LogP) is 3.25. The van der Waals surface area contributed by atoms with Gasteiger partial charge in [-0.25, -0.2) is 4.39 Å². The monoisotopic (exact) mass is 239 g/mol. The number of rotatable bonds is 6. The van der Waals surface area contributed by atoms with Crippen LogP contribution in [0, 0.1) is 5.92 Å². The van der Waals surface area contributed by atoms with Crippen LogP contribution in [0.2, 0.25) is 0 Å². The lowest BCUT2D eigenvalue weighted by Gasteiger charge is -2.28. The highest BCUT2D eigenvalue weighted by molar-refractivity contribution is 5.31. The first kappa shape index (κ1) is 14.0. The Bertz CT molecular complexity index is 337. The predicted molar refractivity (Wildman–Crippen MR) is 68.9 cm³/mol. The van der Waals surface area contributed by atoms with Crippen molar-refractivity contribution in [1.29, 1.82) is 0 Å². The Kier molecular flexibility index (Phi) is 4.94. The average molecular weight is 239 g/mol. The van der Waals surface area contributed by atoms with Crippen molar-refractivity contribution in [3.05, 3.63) is 29.8 Å². The third kappa shape index (κ3) is 3.19. The molecule has 96 valence electrons. The number of halogens is 1. The van der Waals surface area contributed by atoms with Crippen LogP contribution in [0.15, 0.2) is 24.3 Å². The van der Waals surface area contributed by atoms with Crippen LogP contribution in [0.4, 0.5) is 4.39 Å². The first-order valence-corrected chi connectivity index (χ1v) is 6.17. The highest BCUT2D eigenvalue weighted by Gasteiger charge is 2.34. The second-order valence-corrected chi connectivity index (χ2v) is 4.59. The number of nitrogens with two attached hydrogens (primary N) is 1. The van der Waals surface area contributed by atoms with E-state index in [0.29, 0.717) is 12.2 Å². The summed E-state index contributed by atoms with van der Waals surface area (Å²) in [6.45, 7) is 6.41. The molecule has 0 aromatic heterocycles. The van der Waals surface area contributed by atoms with E-state index in [-0.39, 0.29) is 12.5 Å². The fourth-order valence-corrected chi connectivity index (χ4v) is 1.74. The van der Waals surface area contributed by atoms with Crippen molar-refractivity contribution < 1.29 is 9.13 Å². The van der Waals surface area contributed by atoms with Gasteiger partial charge in [-0.1, -0.05) is 32.9 Å². The van der Waals surface area contributed by atoms with E-state index >= 15 is 0 Å². The number of alkyl halides is 1. The first-order valence-electron chi connectivity index (χ1n) is 6.17. The molecule has 1 unspecified atom stereocenters. The molecule has 0 heterocycles. The van der Waals surface area contributed by atoms with Crippen molar-refractivity contribution >= 4 is 0 Å². The molecule has 17 heavy (non-hydrogen) atoms. The van der Waals surface area contributed by atoms with Gasteiger partial charge in [-0.3, -0.25) is 0 Å². The zero-order chi connectivity index (χ0) is 12.9. The van der Waals surface area contributed by atoms with Crippen LogP contribution in [-0.4, -0.2) is 13.2 Å². The summed E-state index contributed by atoms with van der Waals surface area (Å²) in [5.41, 5.74) is 4.72. The lowest BCUT2D eigenvalue weighted by molar-refractivity contribution is 0.109. The smallest absolute Gasteiger partial charge is 0.150 e. The van der Waals surface area contributed by atoms with Gasteiger partial charge in [0.15, 0.2) is 0 Å². The molecular weight excluding hydrogens is 217 g/mol. The molecule has 0 saturated carbocycles. The van der Waals surface area contributed by atoms with E-state index in [4.69, 9.17) is 10.5 Å². The van der Waals surface area contributed by atoms with Gasteiger partial charge in [0.05, 0.1) is 6.61 Å². The second-order valence-electron chi connectivity index (χ2n) is 4.59. The first-order chi connectivity index (χ1) is 8.04. The Morgan fingerprint density at radius 1 is 1.29 bits per heavy atom. The Morgan fingerprint density at radius 2 is 1.88 bits per heavy atom. The minimum absolute atomic E-state index is 0.000168. The third-order valence-corrected chi connectivity index (χ3v) is 3.02. The van der Waals surface area contributed by atoms with Gasteiger partial charge in [0.1, 0.15) is 11.4 Å². The zero-order valence-electron chi connectivity index (χ0n) is 10.9. The average Bonchev–Trinajstić information content (AvgIpc) is 2.35. The van der Waals surface area contributed by atoms with Gasteiger partial charge in [0, 0.05) is 6.54 Å². The van der Waals surface area contributed by atoms with Crippen molar-refractivity contribution in [2.24, 2.45) is 11.7 Å². The maximum atomic E-state index is 14.6. The van der Waals surface area contributed by atoms with Gasteiger partial charge in [-0.05, 0) is 30.0 Å². The number of ether oxygens (including phenoxy) is 1. The third-order valence-electron chi connectivity index (χ3n) is 3.02. The summed E-state index contributed by atoms with van der Waals surface area (Å²) >= 11 is 0. The Morgan fingerprint density at radius 3 is 2.29 bits per heavy atom. The Balaban J connectivity index is 2.85. The molecule has 1 atom stereocenters. The molecule has 0 aliphatic heterocycles. The van der Waals surface area contributed by atoms with E-state index in [2.05, 4.69) is 0 Å². The summed E-state index contributed by atoms with van der Waals surface area (Å²) in [5.74, 6) is 0.633. The molecule has 0 amide bonds. The number of hydrogen-bond acceptors (Lipinski definition) is 2. The number of benzene rings is 1. The molecule has 0 radical (unpaired) electrons. The lowest BCUT2D eigenvalue weighted by Crippen LogP contribution is -2.35. The molecule has 0 bridgehead atoms. The van der Waals surface area contributed by atoms with Gasteiger partial charge in [-0.15, -0.1) is 0 Å². The standard InChI is InChI=1S/C14H22FNO/c1-4-9-17-13-7-5-12(6-8-13)14(15,10-16)11(2)3/h5-8,11H,4,9-10,16H2,1-3H3. The summed E-state index contributed by atoms with van der Waals surface area (Å²) in [6.07, 6.45) is 0.962.